The van der Waals surface area contributed by atoms with Crippen molar-refractivity contribution < 1.29 is 4.57 Å². The molecule has 0 N–H and O–H groups in total. The molecule has 1 heterocycles. The van der Waals surface area contributed by atoms with Crippen LogP contribution in [-0.4, -0.2) is 0 Å². The lowest BCUT2D eigenvalue weighted by Gasteiger charge is -1.87. The van der Waals surface area contributed by atoms with Gasteiger partial charge in [0.15, 0.2) is 12.4 Å². The van der Waals surface area contributed by atoms with Gasteiger partial charge in [0.2, 0.25) is 6.54 Å². The highest BCUT2D eigenvalue weighted by Gasteiger charge is 1.95. The van der Waals surface area contributed by atoms with Crippen LogP contribution in [0.25, 0.3) is 0 Å². The van der Waals surface area contributed by atoms with Crippen LogP contribution < -0.4 is 4.57 Å². The first-order valence-electron chi connectivity index (χ1n) is 3.19. The maximum absolute atomic E-state index is 8.46. The number of rotatable bonds is 1. The molecule has 0 fully saturated rings. The molecule has 0 aliphatic carbocycles. The minimum absolute atomic E-state index is 0.547. The molecule has 11 heavy (non-hydrogen) atoms. The first-order valence-corrected chi connectivity index (χ1v) is 3.19. The number of nitrogens with zero attached hydrogens (tertiary/aromatic N) is 2. The Morgan fingerprint density at radius 2 is 2.09 bits per heavy atom. The fourth-order valence-corrected chi connectivity index (χ4v) is 0.743. The van der Waals surface area contributed by atoms with Gasteiger partial charge in [-0.3, -0.25) is 0 Å². The van der Waals surface area contributed by atoms with E-state index in [4.69, 9.17) is 11.7 Å². The second kappa shape index (κ2) is 3.39. The smallest absolute Gasteiger partial charge is 0.193 e. The van der Waals surface area contributed by atoms with E-state index in [1.165, 1.54) is 0 Å². The zero-order chi connectivity index (χ0) is 8.10. The van der Waals surface area contributed by atoms with Crippen LogP contribution in [0.5, 0.6) is 0 Å². The lowest BCUT2D eigenvalue weighted by molar-refractivity contribution is -0.684. The minimum Gasteiger partial charge on any atom is -0.193 e. The molecule has 0 saturated heterocycles. The van der Waals surface area contributed by atoms with Crippen molar-refractivity contribution in [2.75, 3.05) is 0 Å². The van der Waals surface area contributed by atoms with E-state index < -0.39 is 0 Å². The van der Waals surface area contributed by atoms with Gasteiger partial charge < -0.3 is 0 Å². The number of aromatic nitrogens is 1. The zero-order valence-corrected chi connectivity index (χ0v) is 5.99. The van der Waals surface area contributed by atoms with Crippen LogP contribution in [0.2, 0.25) is 0 Å². The SMILES string of the molecule is C#CC[n+]1ccc(C#N)cc1. The summed E-state index contributed by atoms with van der Waals surface area (Å²) in [5.74, 6) is 2.50. The Balaban J connectivity index is 2.87. The van der Waals surface area contributed by atoms with Crippen LogP contribution in [0.3, 0.4) is 0 Å². The Kier molecular flexibility index (Phi) is 2.25. The van der Waals surface area contributed by atoms with Crippen LogP contribution in [0.1, 0.15) is 5.56 Å². The van der Waals surface area contributed by atoms with Crippen molar-refractivity contribution in [3.63, 3.8) is 0 Å². The van der Waals surface area contributed by atoms with E-state index in [1.54, 1.807) is 24.5 Å². The van der Waals surface area contributed by atoms with Gasteiger partial charge in [-0.25, -0.2) is 0 Å². The molecule has 0 unspecified atom stereocenters. The summed E-state index contributed by atoms with van der Waals surface area (Å²) >= 11 is 0. The van der Waals surface area contributed by atoms with Crippen molar-refractivity contribution >= 4 is 0 Å². The minimum atomic E-state index is 0.547. The molecule has 0 spiro atoms. The second-order valence-electron chi connectivity index (χ2n) is 2.08. The highest BCUT2D eigenvalue weighted by Crippen LogP contribution is 1.89. The highest BCUT2D eigenvalue weighted by atomic mass is 14.9. The molecule has 0 aliphatic rings. The van der Waals surface area contributed by atoms with Gasteiger partial charge in [0, 0.05) is 12.1 Å². The maximum atomic E-state index is 8.46. The van der Waals surface area contributed by atoms with Gasteiger partial charge in [0.25, 0.3) is 0 Å². The van der Waals surface area contributed by atoms with Crippen molar-refractivity contribution in [1.29, 1.82) is 5.26 Å². The van der Waals surface area contributed by atoms with Gasteiger partial charge in [-0.1, -0.05) is 0 Å². The number of hydrogen-bond donors (Lipinski definition) is 0. The molecular formula is C9H7N2+. The van der Waals surface area contributed by atoms with Gasteiger partial charge in [0.1, 0.15) is 0 Å². The molecule has 52 valence electrons. The summed E-state index contributed by atoms with van der Waals surface area (Å²) in [5, 5.41) is 8.46. The van der Waals surface area contributed by atoms with Gasteiger partial charge in [-0.2, -0.15) is 9.83 Å². The van der Waals surface area contributed by atoms with Gasteiger partial charge in [0.05, 0.1) is 11.6 Å². The van der Waals surface area contributed by atoms with Gasteiger partial charge in [-0.15, -0.1) is 6.42 Å². The topological polar surface area (TPSA) is 27.7 Å². The van der Waals surface area contributed by atoms with E-state index in [0.717, 1.165) is 0 Å². The quantitative estimate of drug-likeness (QED) is 0.415. The van der Waals surface area contributed by atoms with E-state index in [9.17, 15) is 0 Å². The molecule has 0 radical (unpaired) electrons. The average Bonchev–Trinajstić information content (AvgIpc) is 2.07. The average molecular weight is 143 g/mol. The van der Waals surface area contributed by atoms with Crippen LogP contribution in [-0.2, 0) is 6.54 Å². The third kappa shape index (κ3) is 1.81. The van der Waals surface area contributed by atoms with Crippen molar-refractivity contribution in [3.05, 3.63) is 30.1 Å². The van der Waals surface area contributed by atoms with E-state index in [1.807, 2.05) is 10.6 Å². The first kappa shape index (κ1) is 7.31. The second-order valence-corrected chi connectivity index (χ2v) is 2.08. The third-order valence-corrected chi connectivity index (χ3v) is 1.29. The monoisotopic (exact) mass is 143 g/mol. The van der Waals surface area contributed by atoms with Crippen LogP contribution >= 0.6 is 0 Å². The normalized spacial score (nSPS) is 8.18. The summed E-state index contributed by atoms with van der Waals surface area (Å²) in [4.78, 5) is 0. The summed E-state index contributed by atoms with van der Waals surface area (Å²) in [7, 11) is 0. The molecule has 0 atom stereocenters. The van der Waals surface area contributed by atoms with Crippen LogP contribution in [0.15, 0.2) is 24.5 Å². The summed E-state index contributed by atoms with van der Waals surface area (Å²) in [6.07, 6.45) is 8.68. The number of pyridine rings is 1. The lowest BCUT2D eigenvalue weighted by Crippen LogP contribution is -2.31. The molecule has 1 aromatic rings. The molecule has 2 heteroatoms. The Labute approximate surface area is 65.7 Å². The first-order chi connectivity index (χ1) is 5.36. The number of terminal acetylenes is 1. The van der Waals surface area contributed by atoms with Crippen molar-refractivity contribution in [2.24, 2.45) is 0 Å². The summed E-state index contributed by atoms with van der Waals surface area (Å²) in [6.45, 7) is 0.547. The molecular weight excluding hydrogens is 136 g/mol. The summed E-state index contributed by atoms with van der Waals surface area (Å²) in [5.41, 5.74) is 0.651. The zero-order valence-electron chi connectivity index (χ0n) is 5.99. The van der Waals surface area contributed by atoms with Crippen molar-refractivity contribution in [3.8, 4) is 18.4 Å². The molecule has 1 aromatic heterocycles. The van der Waals surface area contributed by atoms with Crippen LogP contribution in [0, 0.1) is 23.7 Å². The van der Waals surface area contributed by atoms with E-state index in [-0.39, 0.29) is 0 Å². The highest BCUT2D eigenvalue weighted by molar-refractivity contribution is 5.23. The van der Waals surface area contributed by atoms with E-state index >= 15 is 0 Å². The molecule has 2 nitrogen and oxygen atoms in total. The fraction of sp³-hybridized carbons (Fsp3) is 0.111. The number of nitriles is 1. The van der Waals surface area contributed by atoms with Crippen molar-refractivity contribution in [1.82, 2.24) is 0 Å². The lowest BCUT2D eigenvalue weighted by atomic mass is 10.3. The van der Waals surface area contributed by atoms with Crippen LogP contribution in [0.4, 0.5) is 0 Å². The Bertz CT molecular complexity index is 311. The van der Waals surface area contributed by atoms with Crippen molar-refractivity contribution in [2.45, 2.75) is 6.54 Å². The summed E-state index contributed by atoms with van der Waals surface area (Å²) < 4.78 is 1.83. The van der Waals surface area contributed by atoms with Gasteiger partial charge in [-0.05, 0) is 5.92 Å². The molecule has 0 saturated carbocycles. The van der Waals surface area contributed by atoms with E-state index in [2.05, 4.69) is 5.92 Å². The summed E-state index contributed by atoms with van der Waals surface area (Å²) in [6, 6.07) is 5.50. The number of hydrogen-bond acceptors (Lipinski definition) is 1. The molecule has 0 bridgehead atoms. The molecule has 1 rings (SSSR count). The predicted molar refractivity (Wildman–Crippen MR) is 40.2 cm³/mol. The molecule has 0 amide bonds. The Morgan fingerprint density at radius 3 is 2.55 bits per heavy atom. The maximum Gasteiger partial charge on any atom is 0.208 e. The standard InChI is InChI=1S/C9H7N2/c1-2-5-11-6-3-9(8-10)4-7-11/h1,3-4,6-7H,5H2/q+1. The molecule has 0 aliphatic heterocycles. The van der Waals surface area contributed by atoms with E-state index in [0.29, 0.717) is 12.1 Å². The fourth-order valence-electron chi connectivity index (χ4n) is 0.743. The van der Waals surface area contributed by atoms with Gasteiger partial charge >= 0.3 is 0 Å². The predicted octanol–water partition coefficient (Wildman–Crippen LogP) is 0.479. The largest absolute Gasteiger partial charge is 0.208 e. The molecule has 0 aromatic carbocycles. The third-order valence-electron chi connectivity index (χ3n) is 1.29. The Morgan fingerprint density at radius 1 is 1.45 bits per heavy atom. The Hall–Kier alpha value is -1.80.